The summed E-state index contributed by atoms with van der Waals surface area (Å²) in [4.78, 5) is 27.9. The monoisotopic (exact) mass is 250 g/mol. The van der Waals surface area contributed by atoms with E-state index in [9.17, 15) is 9.59 Å². The summed E-state index contributed by atoms with van der Waals surface area (Å²) in [5.41, 5.74) is 0.980. The third-order valence-electron chi connectivity index (χ3n) is 3.65. The van der Waals surface area contributed by atoms with E-state index in [1.54, 1.807) is 4.90 Å². The Hall–Kier alpha value is -1.32. The first-order valence-electron chi connectivity index (χ1n) is 6.75. The lowest BCUT2D eigenvalue weighted by Gasteiger charge is -2.24. The maximum Gasteiger partial charge on any atom is 0.228 e. The number of hydrogen-bond acceptors (Lipinski definition) is 2. The van der Waals surface area contributed by atoms with Gasteiger partial charge in [-0.2, -0.15) is 0 Å². The van der Waals surface area contributed by atoms with Crippen LogP contribution >= 0.6 is 0 Å². The van der Waals surface area contributed by atoms with E-state index in [-0.39, 0.29) is 17.7 Å². The van der Waals surface area contributed by atoms with Crippen molar-refractivity contribution in [2.45, 2.75) is 39.2 Å². The van der Waals surface area contributed by atoms with Crippen molar-refractivity contribution in [3.8, 4) is 0 Å². The minimum Gasteiger partial charge on any atom is -0.339 e. The van der Waals surface area contributed by atoms with Gasteiger partial charge in [-0.05, 0) is 26.7 Å². The Morgan fingerprint density at radius 3 is 2.67 bits per heavy atom. The van der Waals surface area contributed by atoms with Gasteiger partial charge in [0.25, 0.3) is 0 Å². The molecule has 4 heteroatoms. The van der Waals surface area contributed by atoms with Gasteiger partial charge in [-0.25, -0.2) is 0 Å². The van der Waals surface area contributed by atoms with Crippen molar-refractivity contribution in [1.82, 2.24) is 9.80 Å². The summed E-state index contributed by atoms with van der Waals surface area (Å²) in [6.45, 7) is 9.64. The van der Waals surface area contributed by atoms with E-state index in [1.165, 1.54) is 0 Å². The normalized spacial score (nSPS) is 23.3. The minimum atomic E-state index is -0.141. The van der Waals surface area contributed by atoms with Crippen LogP contribution in [0.4, 0.5) is 0 Å². The van der Waals surface area contributed by atoms with E-state index in [1.807, 2.05) is 18.7 Å². The highest BCUT2D eigenvalue weighted by molar-refractivity contribution is 5.89. The molecule has 0 radical (unpaired) electrons. The van der Waals surface area contributed by atoms with E-state index >= 15 is 0 Å². The van der Waals surface area contributed by atoms with Crippen molar-refractivity contribution in [3.05, 3.63) is 12.2 Å². The van der Waals surface area contributed by atoms with Crippen LogP contribution < -0.4 is 0 Å². The zero-order valence-corrected chi connectivity index (χ0v) is 11.3. The second kappa shape index (κ2) is 5.12. The van der Waals surface area contributed by atoms with Gasteiger partial charge >= 0.3 is 0 Å². The van der Waals surface area contributed by atoms with E-state index in [4.69, 9.17) is 0 Å². The van der Waals surface area contributed by atoms with Crippen LogP contribution in [0, 0.1) is 5.92 Å². The lowest BCUT2D eigenvalue weighted by molar-refractivity contribution is -0.135. The molecular weight excluding hydrogens is 228 g/mol. The van der Waals surface area contributed by atoms with Crippen LogP contribution in [0.5, 0.6) is 0 Å². The van der Waals surface area contributed by atoms with Crippen LogP contribution in [0.1, 0.15) is 33.1 Å². The van der Waals surface area contributed by atoms with E-state index in [0.29, 0.717) is 32.1 Å². The zero-order chi connectivity index (χ0) is 13.3. The van der Waals surface area contributed by atoms with Crippen molar-refractivity contribution in [2.75, 3.05) is 19.6 Å². The number of hydrogen-bond donors (Lipinski definition) is 0. The van der Waals surface area contributed by atoms with Crippen LogP contribution in [0.15, 0.2) is 12.2 Å². The Kier molecular flexibility index (Phi) is 3.73. The Morgan fingerprint density at radius 2 is 2.17 bits per heavy atom. The van der Waals surface area contributed by atoms with Crippen LogP contribution in [-0.4, -0.2) is 47.3 Å². The molecule has 0 N–H and O–H groups in total. The highest BCUT2D eigenvalue weighted by atomic mass is 16.2. The molecule has 100 valence electrons. The molecule has 0 aromatic rings. The molecule has 2 fully saturated rings. The maximum atomic E-state index is 12.4. The molecule has 1 saturated heterocycles. The fraction of sp³-hybridized carbons (Fsp3) is 0.714. The standard InChI is InChI=1S/C14H22N2O2/c1-4-15(8-10(2)3)14(18)11-7-13(17)16(9-11)12-5-6-12/h11-12H,2,4-9H2,1,3H3. The molecule has 0 spiro atoms. The van der Waals surface area contributed by atoms with Gasteiger partial charge < -0.3 is 9.80 Å². The molecule has 1 unspecified atom stereocenters. The predicted molar refractivity (Wildman–Crippen MR) is 69.9 cm³/mol. The molecular formula is C14H22N2O2. The van der Waals surface area contributed by atoms with Crippen molar-refractivity contribution < 1.29 is 9.59 Å². The lowest BCUT2D eigenvalue weighted by atomic mass is 10.1. The van der Waals surface area contributed by atoms with Crippen molar-refractivity contribution in [3.63, 3.8) is 0 Å². The van der Waals surface area contributed by atoms with Crippen LogP contribution in [0.2, 0.25) is 0 Å². The molecule has 0 aromatic carbocycles. The number of nitrogens with zero attached hydrogens (tertiary/aromatic N) is 2. The number of carbonyl (C=O) groups excluding carboxylic acids is 2. The smallest absolute Gasteiger partial charge is 0.228 e. The summed E-state index contributed by atoms with van der Waals surface area (Å²) in [6, 6.07) is 0.423. The van der Waals surface area contributed by atoms with E-state index in [0.717, 1.165) is 18.4 Å². The van der Waals surface area contributed by atoms with Gasteiger partial charge in [0.2, 0.25) is 11.8 Å². The number of rotatable bonds is 5. The van der Waals surface area contributed by atoms with Crippen LogP contribution in [0.3, 0.4) is 0 Å². The van der Waals surface area contributed by atoms with Crippen LogP contribution in [0.25, 0.3) is 0 Å². The van der Waals surface area contributed by atoms with E-state index in [2.05, 4.69) is 6.58 Å². The largest absolute Gasteiger partial charge is 0.339 e. The summed E-state index contributed by atoms with van der Waals surface area (Å²) in [5.74, 6) is 0.122. The molecule has 1 heterocycles. The number of carbonyl (C=O) groups is 2. The quantitative estimate of drug-likeness (QED) is 0.692. The molecule has 4 nitrogen and oxygen atoms in total. The van der Waals surface area contributed by atoms with Gasteiger partial charge in [-0.15, -0.1) is 0 Å². The molecule has 0 bridgehead atoms. The number of likely N-dealkylation sites (tertiary alicyclic amines) is 1. The first-order valence-corrected chi connectivity index (χ1v) is 6.75. The van der Waals surface area contributed by atoms with E-state index < -0.39 is 0 Å². The molecule has 18 heavy (non-hydrogen) atoms. The summed E-state index contributed by atoms with van der Waals surface area (Å²) in [6.07, 6.45) is 2.61. The SMILES string of the molecule is C=C(C)CN(CC)C(=O)C1CC(=O)N(C2CC2)C1. The fourth-order valence-corrected chi connectivity index (χ4v) is 2.57. The molecule has 2 aliphatic rings. The van der Waals surface area contributed by atoms with Crippen molar-refractivity contribution >= 4 is 11.8 Å². The predicted octanol–water partition coefficient (Wildman–Crippen LogP) is 1.42. The van der Waals surface area contributed by atoms with Gasteiger partial charge in [-0.3, -0.25) is 9.59 Å². The molecule has 1 aliphatic carbocycles. The summed E-state index contributed by atoms with van der Waals surface area (Å²) in [7, 11) is 0. The van der Waals surface area contributed by atoms with Gasteiger partial charge in [-0.1, -0.05) is 12.2 Å². The van der Waals surface area contributed by atoms with Gasteiger partial charge in [0.05, 0.1) is 5.92 Å². The zero-order valence-electron chi connectivity index (χ0n) is 11.3. The Labute approximate surface area is 109 Å². The Balaban J connectivity index is 1.96. The first-order chi connectivity index (χ1) is 8.52. The minimum absolute atomic E-state index is 0.108. The highest BCUT2D eigenvalue weighted by Crippen LogP contribution is 2.33. The first kappa shape index (κ1) is 13.1. The highest BCUT2D eigenvalue weighted by Gasteiger charge is 2.42. The average molecular weight is 250 g/mol. The van der Waals surface area contributed by atoms with Crippen LogP contribution in [-0.2, 0) is 9.59 Å². The summed E-state index contributed by atoms with van der Waals surface area (Å²) in [5, 5.41) is 0. The lowest BCUT2D eigenvalue weighted by Crippen LogP contribution is -2.38. The topological polar surface area (TPSA) is 40.6 Å². The van der Waals surface area contributed by atoms with Gasteiger partial charge in [0.1, 0.15) is 0 Å². The fourth-order valence-electron chi connectivity index (χ4n) is 2.57. The molecule has 2 rings (SSSR count). The third-order valence-corrected chi connectivity index (χ3v) is 3.65. The van der Waals surface area contributed by atoms with Crippen molar-refractivity contribution in [2.24, 2.45) is 5.92 Å². The van der Waals surface area contributed by atoms with Gasteiger partial charge in [0, 0.05) is 32.1 Å². The Bertz CT molecular complexity index is 374. The molecule has 0 aromatic heterocycles. The Morgan fingerprint density at radius 1 is 1.50 bits per heavy atom. The second-order valence-electron chi connectivity index (χ2n) is 5.49. The third kappa shape index (κ3) is 2.74. The molecule has 2 amide bonds. The summed E-state index contributed by atoms with van der Waals surface area (Å²) < 4.78 is 0. The second-order valence-corrected chi connectivity index (χ2v) is 5.49. The summed E-state index contributed by atoms with van der Waals surface area (Å²) >= 11 is 0. The maximum absolute atomic E-state index is 12.4. The average Bonchev–Trinajstić information content (AvgIpc) is 3.08. The molecule has 1 atom stereocenters. The van der Waals surface area contributed by atoms with Gasteiger partial charge in [0.15, 0.2) is 0 Å². The number of likely N-dealkylation sites (N-methyl/N-ethyl adjacent to an activating group) is 1. The molecule has 1 saturated carbocycles. The van der Waals surface area contributed by atoms with Crippen molar-refractivity contribution in [1.29, 1.82) is 0 Å². The number of amides is 2. The molecule has 1 aliphatic heterocycles.